The fourth-order valence-corrected chi connectivity index (χ4v) is 3.31. The number of aromatic nitrogens is 3. The number of benzene rings is 2. The Morgan fingerprint density at radius 1 is 1.03 bits per heavy atom. The molecule has 1 N–H and O–H groups in total. The molecule has 0 fully saturated rings. The summed E-state index contributed by atoms with van der Waals surface area (Å²) in [5.41, 5.74) is 1.49. The smallest absolute Gasteiger partial charge is 0.241 e. The van der Waals surface area contributed by atoms with Crippen LogP contribution in [0.5, 0.6) is 0 Å². The lowest BCUT2D eigenvalue weighted by Gasteiger charge is -2.20. The van der Waals surface area contributed by atoms with Crippen LogP contribution in [0.25, 0.3) is 0 Å². The molecule has 0 radical (unpaired) electrons. The number of carbonyl (C=O) groups is 2. The molecule has 0 aliphatic carbocycles. The normalized spacial score (nSPS) is 10.3. The van der Waals surface area contributed by atoms with Crippen LogP contribution >= 0.6 is 23.2 Å². The van der Waals surface area contributed by atoms with E-state index < -0.39 is 0 Å². The standard InChI is InChI=1S/C21H16Cl2N6O2/c1-12(30)25-20-26-19(10-16-17(22)4-3-5-18(16)23)27-21(28-20)29(13(2)31)15-8-6-14(11-24)7-9-15/h3-9H,10H2,1-2H3,(H,25,26,27,28,30). The summed E-state index contributed by atoms with van der Waals surface area (Å²) in [7, 11) is 0. The summed E-state index contributed by atoms with van der Waals surface area (Å²) in [6.07, 6.45) is 0.153. The van der Waals surface area contributed by atoms with Gasteiger partial charge in [0.05, 0.1) is 17.3 Å². The first-order valence-corrected chi connectivity index (χ1v) is 9.80. The highest BCUT2D eigenvalue weighted by Crippen LogP contribution is 2.28. The molecule has 10 heteroatoms. The zero-order valence-electron chi connectivity index (χ0n) is 16.6. The van der Waals surface area contributed by atoms with Gasteiger partial charge in [0, 0.05) is 30.3 Å². The molecule has 3 aromatic rings. The predicted octanol–water partition coefficient (Wildman–Crippen LogP) is 4.28. The van der Waals surface area contributed by atoms with Crippen LogP contribution < -0.4 is 10.2 Å². The van der Waals surface area contributed by atoms with Gasteiger partial charge in [-0.05, 0) is 42.0 Å². The van der Waals surface area contributed by atoms with E-state index >= 15 is 0 Å². The Kier molecular flexibility index (Phi) is 6.80. The third kappa shape index (κ3) is 5.34. The second-order valence-corrected chi connectivity index (χ2v) is 7.26. The summed E-state index contributed by atoms with van der Waals surface area (Å²) < 4.78 is 0. The van der Waals surface area contributed by atoms with Crippen molar-refractivity contribution in [1.29, 1.82) is 5.26 Å². The number of nitrogens with one attached hydrogen (secondary N) is 1. The molecule has 0 atom stereocenters. The first-order valence-electron chi connectivity index (χ1n) is 9.04. The number of hydrogen-bond donors (Lipinski definition) is 1. The molecular formula is C21H16Cl2N6O2. The lowest BCUT2D eigenvalue weighted by Crippen LogP contribution is -2.26. The van der Waals surface area contributed by atoms with Gasteiger partial charge >= 0.3 is 0 Å². The van der Waals surface area contributed by atoms with E-state index in [1.54, 1.807) is 42.5 Å². The third-order valence-electron chi connectivity index (χ3n) is 4.12. The van der Waals surface area contributed by atoms with E-state index in [0.29, 0.717) is 26.9 Å². The summed E-state index contributed by atoms with van der Waals surface area (Å²) in [4.78, 5) is 38.2. The average Bonchev–Trinajstić information content (AvgIpc) is 2.71. The van der Waals surface area contributed by atoms with Gasteiger partial charge in [0.2, 0.25) is 23.7 Å². The Labute approximate surface area is 188 Å². The predicted molar refractivity (Wildman–Crippen MR) is 117 cm³/mol. The maximum atomic E-state index is 12.4. The van der Waals surface area contributed by atoms with Crippen LogP contribution in [0.15, 0.2) is 42.5 Å². The molecular weight excluding hydrogens is 439 g/mol. The number of anilines is 3. The fourth-order valence-electron chi connectivity index (χ4n) is 2.78. The van der Waals surface area contributed by atoms with Gasteiger partial charge in [-0.2, -0.15) is 20.2 Å². The molecule has 0 spiro atoms. The van der Waals surface area contributed by atoms with Crippen molar-refractivity contribution >= 4 is 52.6 Å². The zero-order chi connectivity index (χ0) is 22.5. The van der Waals surface area contributed by atoms with E-state index in [1.165, 1.54) is 18.7 Å². The Morgan fingerprint density at radius 3 is 2.23 bits per heavy atom. The Balaban J connectivity index is 2.10. The number of amides is 2. The second kappa shape index (κ2) is 9.51. The molecule has 0 bridgehead atoms. The minimum atomic E-state index is -0.383. The van der Waals surface area contributed by atoms with Crippen molar-refractivity contribution in [3.05, 3.63) is 69.5 Å². The summed E-state index contributed by atoms with van der Waals surface area (Å²) in [6, 6.07) is 13.5. The van der Waals surface area contributed by atoms with Crippen molar-refractivity contribution in [3.8, 4) is 6.07 Å². The minimum absolute atomic E-state index is 0.00846. The van der Waals surface area contributed by atoms with E-state index in [2.05, 4.69) is 20.3 Å². The summed E-state index contributed by atoms with van der Waals surface area (Å²) in [5.74, 6) is -0.508. The number of nitrogens with zero attached hydrogens (tertiary/aromatic N) is 5. The molecule has 0 saturated carbocycles. The number of carbonyl (C=O) groups excluding carboxylic acids is 2. The molecule has 8 nitrogen and oxygen atoms in total. The van der Waals surface area contributed by atoms with Crippen molar-refractivity contribution in [3.63, 3.8) is 0 Å². The minimum Gasteiger partial charge on any atom is -0.295 e. The maximum absolute atomic E-state index is 12.4. The van der Waals surface area contributed by atoms with Crippen LogP contribution in [0.1, 0.15) is 30.8 Å². The third-order valence-corrected chi connectivity index (χ3v) is 4.83. The molecule has 3 rings (SSSR count). The van der Waals surface area contributed by atoms with Gasteiger partial charge in [-0.15, -0.1) is 0 Å². The SMILES string of the molecule is CC(=O)Nc1nc(Cc2c(Cl)cccc2Cl)nc(N(C(C)=O)c2ccc(C#N)cc2)n1. The highest BCUT2D eigenvalue weighted by Gasteiger charge is 2.21. The van der Waals surface area contributed by atoms with Gasteiger partial charge in [-0.1, -0.05) is 29.3 Å². The topological polar surface area (TPSA) is 112 Å². The van der Waals surface area contributed by atoms with Crippen LogP contribution in [0, 0.1) is 11.3 Å². The molecule has 156 valence electrons. The van der Waals surface area contributed by atoms with Gasteiger partial charge in [0.1, 0.15) is 5.82 Å². The average molecular weight is 455 g/mol. The summed E-state index contributed by atoms with van der Waals surface area (Å²) in [5, 5.41) is 12.4. The van der Waals surface area contributed by atoms with Crippen LogP contribution in [-0.2, 0) is 16.0 Å². The Bertz CT molecular complexity index is 1170. The first-order chi connectivity index (χ1) is 14.8. The van der Waals surface area contributed by atoms with E-state index in [1.807, 2.05) is 6.07 Å². The molecule has 0 aliphatic rings. The first kappa shape index (κ1) is 22.2. The van der Waals surface area contributed by atoms with Gasteiger partial charge in [-0.25, -0.2) is 4.90 Å². The second-order valence-electron chi connectivity index (χ2n) is 6.45. The molecule has 1 heterocycles. The quantitative estimate of drug-likeness (QED) is 0.615. The molecule has 2 amide bonds. The largest absolute Gasteiger partial charge is 0.295 e. The van der Waals surface area contributed by atoms with E-state index in [4.69, 9.17) is 28.5 Å². The zero-order valence-corrected chi connectivity index (χ0v) is 18.1. The van der Waals surface area contributed by atoms with Gasteiger partial charge in [0.15, 0.2) is 0 Å². The maximum Gasteiger partial charge on any atom is 0.241 e. The van der Waals surface area contributed by atoms with Crippen LogP contribution in [-0.4, -0.2) is 26.8 Å². The van der Waals surface area contributed by atoms with E-state index in [9.17, 15) is 9.59 Å². The van der Waals surface area contributed by atoms with E-state index in [0.717, 1.165) is 0 Å². The van der Waals surface area contributed by atoms with Gasteiger partial charge < -0.3 is 0 Å². The van der Waals surface area contributed by atoms with E-state index in [-0.39, 0.29) is 36.0 Å². The van der Waals surface area contributed by atoms with Crippen molar-refractivity contribution in [1.82, 2.24) is 15.0 Å². The molecule has 0 saturated heterocycles. The number of halogens is 2. The van der Waals surface area contributed by atoms with Crippen molar-refractivity contribution < 1.29 is 9.59 Å². The number of nitriles is 1. The Hall–Kier alpha value is -3.54. The van der Waals surface area contributed by atoms with Gasteiger partial charge in [-0.3, -0.25) is 14.9 Å². The highest BCUT2D eigenvalue weighted by atomic mass is 35.5. The van der Waals surface area contributed by atoms with Crippen molar-refractivity contribution in [2.75, 3.05) is 10.2 Å². The lowest BCUT2D eigenvalue weighted by molar-refractivity contribution is -0.116. The molecule has 0 aliphatic heterocycles. The lowest BCUT2D eigenvalue weighted by atomic mass is 10.1. The van der Waals surface area contributed by atoms with Crippen LogP contribution in [0.4, 0.5) is 17.6 Å². The molecule has 31 heavy (non-hydrogen) atoms. The summed E-state index contributed by atoms with van der Waals surface area (Å²) >= 11 is 12.5. The van der Waals surface area contributed by atoms with Crippen molar-refractivity contribution in [2.45, 2.75) is 20.3 Å². The van der Waals surface area contributed by atoms with Crippen LogP contribution in [0.3, 0.4) is 0 Å². The summed E-state index contributed by atoms with van der Waals surface area (Å²) in [6.45, 7) is 2.67. The molecule has 1 aromatic heterocycles. The van der Waals surface area contributed by atoms with Crippen molar-refractivity contribution in [2.24, 2.45) is 0 Å². The van der Waals surface area contributed by atoms with Gasteiger partial charge in [0.25, 0.3) is 0 Å². The Morgan fingerprint density at radius 2 is 1.68 bits per heavy atom. The number of hydrogen-bond acceptors (Lipinski definition) is 6. The molecule has 0 unspecified atom stereocenters. The fraction of sp³-hybridized carbons (Fsp3) is 0.143. The highest BCUT2D eigenvalue weighted by molar-refractivity contribution is 6.36. The number of rotatable bonds is 5. The molecule has 2 aromatic carbocycles. The monoisotopic (exact) mass is 454 g/mol. The van der Waals surface area contributed by atoms with Crippen LogP contribution in [0.2, 0.25) is 10.0 Å².